The maximum Gasteiger partial charge on any atom is 0.268 e. The van der Waals surface area contributed by atoms with E-state index >= 15 is 0 Å². The van der Waals surface area contributed by atoms with E-state index in [1.165, 1.54) is 11.3 Å². The van der Waals surface area contributed by atoms with Crippen LogP contribution in [0.3, 0.4) is 0 Å². The zero-order valence-corrected chi connectivity index (χ0v) is 17.0. The second kappa shape index (κ2) is 7.80. The number of fused-ring (bicyclic) bond motifs is 3. The minimum Gasteiger partial charge on any atom is -0.492 e. The number of halogens is 2. The predicted octanol–water partition coefficient (Wildman–Crippen LogP) is 5.28. The van der Waals surface area contributed by atoms with E-state index in [1.807, 2.05) is 42.5 Å². The third-order valence-electron chi connectivity index (χ3n) is 4.42. The third kappa shape index (κ3) is 3.63. The van der Waals surface area contributed by atoms with Crippen molar-refractivity contribution in [2.45, 2.75) is 6.42 Å². The number of nitrogens with zero attached hydrogens (tertiary/aromatic N) is 1. The molecule has 1 amide bonds. The molecule has 2 aromatic carbocycles. The molecule has 0 bridgehead atoms. The van der Waals surface area contributed by atoms with Crippen molar-refractivity contribution in [3.05, 3.63) is 64.0 Å². The van der Waals surface area contributed by atoms with Crippen LogP contribution in [-0.4, -0.2) is 19.6 Å². The highest BCUT2D eigenvalue weighted by Gasteiger charge is 2.24. The number of nitrogen functional groups attached to an aromatic ring is 1. The molecule has 7 heteroatoms. The lowest BCUT2D eigenvalue weighted by Gasteiger charge is -2.17. The van der Waals surface area contributed by atoms with Crippen LogP contribution < -0.4 is 15.4 Å². The molecule has 3 aromatic rings. The zero-order valence-electron chi connectivity index (χ0n) is 14.6. The standard InChI is InChI=1S/C20H17ClN2O2S.ClH/c1-23(16-5-3-2-4-15(16)21)20(24)18-10-12-8-9-25-17-11-13(22)6-7-14(17)19(12)26-18;/h2-7,10-11H,8-9,22H2,1H3;1H. The van der Waals surface area contributed by atoms with Gasteiger partial charge in [0.1, 0.15) is 5.75 Å². The van der Waals surface area contributed by atoms with Crippen LogP contribution in [0.5, 0.6) is 5.75 Å². The van der Waals surface area contributed by atoms with Crippen LogP contribution in [0.2, 0.25) is 5.02 Å². The Labute approximate surface area is 172 Å². The fraction of sp³-hybridized carbons (Fsp3) is 0.150. The number of nitrogens with two attached hydrogens (primary N) is 1. The molecule has 2 N–H and O–H groups in total. The third-order valence-corrected chi connectivity index (χ3v) is 5.94. The normalized spacial score (nSPS) is 12.1. The minimum absolute atomic E-state index is 0. The van der Waals surface area contributed by atoms with Crippen molar-refractivity contribution < 1.29 is 9.53 Å². The summed E-state index contributed by atoms with van der Waals surface area (Å²) in [5, 5.41) is 0.552. The van der Waals surface area contributed by atoms with Crippen molar-refractivity contribution >= 4 is 52.6 Å². The van der Waals surface area contributed by atoms with Gasteiger partial charge in [-0.25, -0.2) is 0 Å². The van der Waals surface area contributed by atoms with Crippen molar-refractivity contribution in [1.82, 2.24) is 0 Å². The Kier molecular flexibility index (Phi) is 5.65. The summed E-state index contributed by atoms with van der Waals surface area (Å²) in [6.07, 6.45) is 0.753. The number of rotatable bonds is 2. The van der Waals surface area contributed by atoms with Gasteiger partial charge in [0, 0.05) is 35.7 Å². The summed E-state index contributed by atoms with van der Waals surface area (Å²) in [5.41, 5.74) is 9.34. The number of thiophene rings is 1. The smallest absolute Gasteiger partial charge is 0.268 e. The van der Waals surface area contributed by atoms with Gasteiger partial charge in [-0.3, -0.25) is 4.79 Å². The van der Waals surface area contributed by atoms with Gasteiger partial charge in [0.05, 0.1) is 22.2 Å². The summed E-state index contributed by atoms with van der Waals surface area (Å²) in [4.78, 5) is 16.3. The van der Waals surface area contributed by atoms with Crippen molar-refractivity contribution in [3.63, 3.8) is 0 Å². The summed E-state index contributed by atoms with van der Waals surface area (Å²) in [5.74, 6) is 0.693. The highest BCUT2D eigenvalue weighted by Crippen LogP contribution is 2.42. The Hall–Kier alpha value is -2.21. The molecule has 0 fully saturated rings. The topological polar surface area (TPSA) is 55.6 Å². The molecule has 0 unspecified atom stereocenters. The summed E-state index contributed by atoms with van der Waals surface area (Å²) >= 11 is 7.72. The molecule has 1 aliphatic heterocycles. The average molecular weight is 421 g/mol. The van der Waals surface area contributed by atoms with Gasteiger partial charge in [-0.05, 0) is 35.9 Å². The van der Waals surface area contributed by atoms with E-state index in [2.05, 4.69) is 0 Å². The van der Waals surface area contributed by atoms with Crippen molar-refractivity contribution in [2.75, 3.05) is 24.3 Å². The van der Waals surface area contributed by atoms with Crippen LogP contribution in [-0.2, 0) is 6.42 Å². The van der Waals surface area contributed by atoms with Crippen LogP contribution in [0.15, 0.2) is 48.5 Å². The highest BCUT2D eigenvalue weighted by atomic mass is 35.5. The Bertz CT molecular complexity index is 1000. The van der Waals surface area contributed by atoms with E-state index in [0.29, 0.717) is 27.9 Å². The summed E-state index contributed by atoms with van der Waals surface area (Å²) in [6.45, 7) is 0.564. The fourth-order valence-corrected chi connectivity index (χ4v) is 4.54. The number of hydrogen-bond donors (Lipinski definition) is 1. The van der Waals surface area contributed by atoms with Gasteiger partial charge >= 0.3 is 0 Å². The monoisotopic (exact) mass is 420 g/mol. The molecule has 0 saturated carbocycles. The molecule has 2 heterocycles. The molecule has 0 spiro atoms. The molecule has 0 radical (unpaired) electrons. The maximum atomic E-state index is 13.0. The first-order valence-corrected chi connectivity index (χ1v) is 9.42. The molecule has 0 atom stereocenters. The number of amides is 1. The van der Waals surface area contributed by atoms with Crippen LogP contribution in [0.25, 0.3) is 10.4 Å². The number of anilines is 2. The van der Waals surface area contributed by atoms with Crippen LogP contribution >= 0.6 is 35.3 Å². The quantitative estimate of drug-likeness (QED) is 0.573. The number of carbonyl (C=O) groups excluding carboxylic acids is 1. The average Bonchev–Trinajstić information content (AvgIpc) is 2.98. The van der Waals surface area contributed by atoms with E-state index in [1.54, 1.807) is 18.0 Å². The zero-order chi connectivity index (χ0) is 18.3. The molecule has 1 aliphatic rings. The van der Waals surface area contributed by atoms with Gasteiger partial charge < -0.3 is 15.4 Å². The predicted molar refractivity (Wildman–Crippen MR) is 115 cm³/mol. The molecule has 4 rings (SSSR count). The Balaban J connectivity index is 0.00000210. The molecule has 0 aliphatic carbocycles. The lowest BCUT2D eigenvalue weighted by atomic mass is 10.1. The van der Waals surface area contributed by atoms with Gasteiger partial charge in [-0.15, -0.1) is 23.7 Å². The van der Waals surface area contributed by atoms with Crippen molar-refractivity contribution in [2.24, 2.45) is 0 Å². The van der Waals surface area contributed by atoms with Crippen molar-refractivity contribution in [3.8, 4) is 16.2 Å². The van der Waals surface area contributed by atoms with Gasteiger partial charge in [0.2, 0.25) is 0 Å². The lowest BCUT2D eigenvalue weighted by Crippen LogP contribution is -2.25. The minimum atomic E-state index is -0.0749. The van der Waals surface area contributed by atoms with E-state index in [-0.39, 0.29) is 18.3 Å². The highest BCUT2D eigenvalue weighted by molar-refractivity contribution is 7.17. The van der Waals surface area contributed by atoms with Crippen LogP contribution in [0.1, 0.15) is 15.2 Å². The number of hydrogen-bond acceptors (Lipinski definition) is 4. The van der Waals surface area contributed by atoms with E-state index in [0.717, 1.165) is 28.2 Å². The van der Waals surface area contributed by atoms with Gasteiger partial charge in [0.15, 0.2) is 0 Å². The molecule has 140 valence electrons. The van der Waals surface area contributed by atoms with Gasteiger partial charge in [0.25, 0.3) is 5.91 Å². The summed E-state index contributed by atoms with van der Waals surface area (Å²) in [6, 6.07) is 14.9. The largest absolute Gasteiger partial charge is 0.492 e. The molecular weight excluding hydrogens is 403 g/mol. The second-order valence-electron chi connectivity index (χ2n) is 6.13. The Morgan fingerprint density at radius 2 is 2.00 bits per heavy atom. The van der Waals surface area contributed by atoms with E-state index in [4.69, 9.17) is 22.1 Å². The fourth-order valence-electron chi connectivity index (χ4n) is 3.06. The first kappa shape index (κ1) is 19.5. The Morgan fingerprint density at radius 1 is 1.22 bits per heavy atom. The lowest BCUT2D eigenvalue weighted by molar-refractivity contribution is 0.0997. The van der Waals surface area contributed by atoms with E-state index < -0.39 is 0 Å². The SMILES string of the molecule is CN(C(=O)c1cc2c(s1)-c1ccc(N)cc1OCC2)c1ccccc1Cl.Cl. The molecule has 27 heavy (non-hydrogen) atoms. The van der Waals surface area contributed by atoms with Crippen molar-refractivity contribution in [1.29, 1.82) is 0 Å². The molecule has 0 saturated heterocycles. The summed E-state index contributed by atoms with van der Waals surface area (Å²) < 4.78 is 5.82. The number of para-hydroxylation sites is 1. The van der Waals surface area contributed by atoms with Crippen LogP contribution in [0.4, 0.5) is 11.4 Å². The number of ether oxygens (including phenoxy) is 1. The second-order valence-corrected chi connectivity index (χ2v) is 7.59. The molecule has 1 aromatic heterocycles. The molecular formula is C20H18Cl2N2O2S. The van der Waals surface area contributed by atoms with Gasteiger partial charge in [-0.1, -0.05) is 23.7 Å². The maximum absolute atomic E-state index is 13.0. The van der Waals surface area contributed by atoms with Gasteiger partial charge in [-0.2, -0.15) is 0 Å². The van der Waals surface area contributed by atoms with Crippen LogP contribution in [0, 0.1) is 0 Å². The molecule has 4 nitrogen and oxygen atoms in total. The first-order valence-electron chi connectivity index (χ1n) is 8.22. The number of carbonyl (C=O) groups is 1. The number of benzene rings is 2. The Morgan fingerprint density at radius 3 is 2.78 bits per heavy atom. The van der Waals surface area contributed by atoms with E-state index in [9.17, 15) is 4.79 Å². The summed E-state index contributed by atoms with van der Waals surface area (Å²) in [7, 11) is 1.74. The first-order chi connectivity index (χ1) is 12.5.